The molecule has 0 saturated heterocycles. The van der Waals surface area contributed by atoms with Gasteiger partial charge >= 0.3 is 0 Å². The molecule has 1 aliphatic heterocycles. The number of nitrogens with zero attached hydrogens (tertiary/aromatic N) is 4. The molecule has 40 heavy (non-hydrogen) atoms. The Bertz CT molecular complexity index is 2140. The van der Waals surface area contributed by atoms with Crippen molar-refractivity contribution >= 4 is 88.2 Å². The van der Waals surface area contributed by atoms with Crippen molar-refractivity contribution in [1.82, 2.24) is 18.7 Å². The van der Waals surface area contributed by atoms with Gasteiger partial charge in [-0.15, -0.1) is 34.0 Å². The molecule has 0 bridgehead atoms. The van der Waals surface area contributed by atoms with E-state index in [1.54, 1.807) is 11.3 Å². The molecule has 0 aliphatic carbocycles. The van der Waals surface area contributed by atoms with E-state index in [1.807, 2.05) is 22.7 Å². The summed E-state index contributed by atoms with van der Waals surface area (Å²) in [6, 6.07) is 13.0. The highest BCUT2D eigenvalue weighted by molar-refractivity contribution is 7.25. The summed E-state index contributed by atoms with van der Waals surface area (Å²) in [6.45, 7) is 13.2. The van der Waals surface area contributed by atoms with E-state index in [0.29, 0.717) is 5.92 Å². The molecule has 5 nitrogen and oxygen atoms in total. The smallest absolute Gasteiger partial charge is 0.143 e. The zero-order valence-electron chi connectivity index (χ0n) is 22.9. The van der Waals surface area contributed by atoms with Gasteiger partial charge < -0.3 is 4.74 Å². The Morgan fingerprint density at radius 2 is 1.57 bits per heavy atom. The highest BCUT2D eigenvalue weighted by Gasteiger charge is 2.37. The molecule has 1 aliphatic rings. The van der Waals surface area contributed by atoms with E-state index in [2.05, 4.69) is 77.9 Å². The molecule has 2 aromatic carbocycles. The second-order valence-electron chi connectivity index (χ2n) is 11.5. The van der Waals surface area contributed by atoms with Crippen molar-refractivity contribution in [2.45, 2.75) is 59.0 Å². The standard InChI is InChI=1S/C31H26N4OS4/c1-13(2)19-12-17-29(37-19)28-16(31(5,6)36-17)11-20(38-28)22-25-24(21(14(3)4)26-27(22)35-40-34-26)32-23-15-9-7-8-10-18(15)39-30(23)33-25/h7-14H,1-6H3. The quantitative estimate of drug-likeness (QED) is 0.202. The SMILES string of the molecule is CC(C)c1cc2c(s1)-c1sc(-c3c4nsnc4c(C(C)C)c4nc5c(nc34)sc3ccccc35)cc1C(C)(C)O2. The molecule has 0 N–H and O–H groups in total. The molecule has 8 rings (SSSR count). The van der Waals surface area contributed by atoms with Crippen molar-refractivity contribution in [2.24, 2.45) is 0 Å². The van der Waals surface area contributed by atoms with Crippen molar-refractivity contribution in [1.29, 1.82) is 0 Å². The van der Waals surface area contributed by atoms with E-state index < -0.39 is 5.60 Å². The number of hydrogen-bond acceptors (Lipinski definition) is 9. The highest BCUT2D eigenvalue weighted by Crippen LogP contribution is 2.56. The summed E-state index contributed by atoms with van der Waals surface area (Å²) in [7, 11) is 0. The molecular formula is C31H26N4OS4. The Morgan fingerprint density at radius 3 is 2.38 bits per heavy atom. The molecule has 6 heterocycles. The van der Waals surface area contributed by atoms with E-state index >= 15 is 0 Å². The lowest BCUT2D eigenvalue weighted by Gasteiger charge is -2.31. The number of benzene rings is 2. The molecule has 0 atom stereocenters. The molecule has 9 heteroatoms. The maximum atomic E-state index is 6.59. The topological polar surface area (TPSA) is 60.8 Å². The van der Waals surface area contributed by atoms with Gasteiger partial charge in [-0.3, -0.25) is 0 Å². The number of ether oxygens (including phenoxy) is 1. The molecular weight excluding hydrogens is 573 g/mol. The maximum absolute atomic E-state index is 6.59. The average molecular weight is 599 g/mol. The first-order valence-corrected chi connectivity index (χ1v) is 16.6. The molecule has 0 saturated carbocycles. The fourth-order valence-corrected chi connectivity index (χ4v) is 9.97. The van der Waals surface area contributed by atoms with Crippen LogP contribution in [0.2, 0.25) is 0 Å². The fourth-order valence-electron chi connectivity index (χ4n) is 5.79. The van der Waals surface area contributed by atoms with Crippen LogP contribution in [0.4, 0.5) is 0 Å². The summed E-state index contributed by atoms with van der Waals surface area (Å²) < 4.78 is 17.5. The Balaban J connectivity index is 1.48. The van der Waals surface area contributed by atoms with Crippen molar-refractivity contribution in [2.75, 3.05) is 0 Å². The minimum atomic E-state index is -0.441. The number of fused-ring (bicyclic) bond motifs is 8. The van der Waals surface area contributed by atoms with Crippen molar-refractivity contribution < 1.29 is 4.74 Å². The van der Waals surface area contributed by atoms with Crippen LogP contribution in [0, 0.1) is 0 Å². The van der Waals surface area contributed by atoms with E-state index in [0.717, 1.165) is 59.6 Å². The lowest BCUT2D eigenvalue weighted by molar-refractivity contribution is 0.107. The average Bonchev–Trinajstić information content (AvgIpc) is 3.69. The van der Waals surface area contributed by atoms with E-state index in [-0.39, 0.29) is 5.92 Å². The molecule has 0 spiro atoms. The third-order valence-corrected chi connectivity index (χ3v) is 12.1. The first-order valence-electron chi connectivity index (χ1n) is 13.5. The molecule has 0 amide bonds. The number of thiophene rings is 3. The van der Waals surface area contributed by atoms with Crippen LogP contribution >= 0.6 is 45.7 Å². The zero-order chi connectivity index (χ0) is 27.5. The van der Waals surface area contributed by atoms with Crippen molar-refractivity contribution in [3.63, 3.8) is 0 Å². The third kappa shape index (κ3) is 3.41. The van der Waals surface area contributed by atoms with Crippen LogP contribution in [0.3, 0.4) is 0 Å². The Kier molecular flexibility index (Phi) is 5.28. The van der Waals surface area contributed by atoms with Crippen LogP contribution in [0.5, 0.6) is 5.75 Å². The van der Waals surface area contributed by atoms with Crippen LogP contribution in [0.25, 0.3) is 62.7 Å². The predicted octanol–water partition coefficient (Wildman–Crippen LogP) is 10.3. The van der Waals surface area contributed by atoms with Gasteiger partial charge in [0.25, 0.3) is 0 Å². The van der Waals surface area contributed by atoms with Gasteiger partial charge in [-0.1, -0.05) is 45.9 Å². The molecule has 200 valence electrons. The minimum Gasteiger partial charge on any atom is -0.482 e. The largest absolute Gasteiger partial charge is 0.482 e. The Morgan fingerprint density at radius 1 is 0.775 bits per heavy atom. The summed E-state index contributed by atoms with van der Waals surface area (Å²) in [6.07, 6.45) is 0. The lowest BCUT2D eigenvalue weighted by Crippen LogP contribution is -2.27. The third-order valence-electron chi connectivity index (χ3n) is 7.75. The normalized spacial score (nSPS) is 14.6. The van der Waals surface area contributed by atoms with Crippen LogP contribution in [0.1, 0.15) is 69.4 Å². The van der Waals surface area contributed by atoms with Gasteiger partial charge in [0, 0.05) is 36.5 Å². The van der Waals surface area contributed by atoms with E-state index in [4.69, 9.17) is 23.5 Å². The van der Waals surface area contributed by atoms with Gasteiger partial charge in [0.1, 0.15) is 38.2 Å². The van der Waals surface area contributed by atoms with Crippen LogP contribution in [0.15, 0.2) is 36.4 Å². The maximum Gasteiger partial charge on any atom is 0.143 e. The molecule has 0 fully saturated rings. The molecule has 7 aromatic rings. The fraction of sp³-hybridized carbons (Fsp3) is 0.290. The Labute approximate surface area is 247 Å². The van der Waals surface area contributed by atoms with Crippen molar-refractivity contribution in [3.8, 4) is 25.9 Å². The summed E-state index contributed by atoms with van der Waals surface area (Å²) in [4.78, 5) is 16.6. The monoisotopic (exact) mass is 598 g/mol. The van der Waals surface area contributed by atoms with Gasteiger partial charge in [-0.25, -0.2) is 9.97 Å². The van der Waals surface area contributed by atoms with Gasteiger partial charge in [0.05, 0.1) is 27.0 Å². The second kappa shape index (κ2) is 8.52. The summed E-state index contributed by atoms with van der Waals surface area (Å²) in [5.74, 6) is 1.68. The van der Waals surface area contributed by atoms with Gasteiger partial charge in [0.2, 0.25) is 0 Å². The van der Waals surface area contributed by atoms with E-state index in [9.17, 15) is 0 Å². The number of aromatic nitrogens is 4. The summed E-state index contributed by atoms with van der Waals surface area (Å²) >= 11 is 6.64. The second-order valence-corrected chi connectivity index (χ2v) is 15.2. The Hall–Kier alpha value is -2.98. The van der Waals surface area contributed by atoms with Gasteiger partial charge in [-0.05, 0) is 43.9 Å². The van der Waals surface area contributed by atoms with E-state index in [1.165, 1.54) is 36.6 Å². The molecule has 0 unspecified atom stereocenters. The predicted molar refractivity (Wildman–Crippen MR) is 172 cm³/mol. The van der Waals surface area contributed by atoms with Crippen molar-refractivity contribution in [3.05, 3.63) is 52.4 Å². The van der Waals surface area contributed by atoms with Gasteiger partial charge in [0.15, 0.2) is 0 Å². The minimum absolute atomic E-state index is 0.228. The van der Waals surface area contributed by atoms with Gasteiger partial charge in [-0.2, -0.15) is 8.75 Å². The summed E-state index contributed by atoms with van der Waals surface area (Å²) in [5, 5.41) is 1.15. The number of rotatable bonds is 3. The zero-order valence-corrected chi connectivity index (χ0v) is 26.2. The first-order chi connectivity index (χ1) is 19.2. The first kappa shape index (κ1) is 24.8. The molecule has 0 radical (unpaired) electrons. The van der Waals surface area contributed by atoms with Crippen LogP contribution in [-0.2, 0) is 5.60 Å². The lowest BCUT2D eigenvalue weighted by atomic mass is 9.93. The number of hydrogen-bond donors (Lipinski definition) is 0. The summed E-state index contributed by atoms with van der Waals surface area (Å²) in [5.41, 5.74) is 7.60. The highest BCUT2D eigenvalue weighted by atomic mass is 32.1. The van der Waals surface area contributed by atoms with Crippen LogP contribution < -0.4 is 4.74 Å². The van der Waals surface area contributed by atoms with Crippen LogP contribution in [-0.4, -0.2) is 18.7 Å². The molecule has 5 aromatic heterocycles.